The molecule has 1 atom stereocenters. The van der Waals surface area contributed by atoms with Crippen LogP contribution >= 0.6 is 4.20 Å². The fourth-order valence-corrected chi connectivity index (χ4v) is 16.9. The first-order chi connectivity index (χ1) is 16.2. The van der Waals surface area contributed by atoms with E-state index in [-0.39, 0.29) is 0 Å². The van der Waals surface area contributed by atoms with E-state index >= 15 is 0 Å². The maximum atomic E-state index is 13.9. The van der Waals surface area contributed by atoms with Crippen molar-refractivity contribution < 1.29 is 39.9 Å². The Morgan fingerprint density at radius 2 is 1.26 bits per heavy atom. The SMILES string of the molecule is CC(OCC(F)(F)C(F)(F)C(F)(F)C(F)F)[Se]P(=[Se])(CCc1ccccc1)CCc1ccccc1. The number of alkyl halides is 8. The van der Waals surface area contributed by atoms with Crippen molar-refractivity contribution in [2.45, 2.75) is 49.0 Å². The van der Waals surface area contributed by atoms with E-state index in [4.69, 9.17) is 4.74 Å². The molecule has 0 fully saturated rings. The van der Waals surface area contributed by atoms with Crippen LogP contribution < -0.4 is 0 Å². The van der Waals surface area contributed by atoms with Crippen LogP contribution in [0, 0.1) is 0 Å². The summed E-state index contributed by atoms with van der Waals surface area (Å²) in [7, 11) is 0. The second kappa shape index (κ2) is 12.7. The van der Waals surface area contributed by atoms with Gasteiger partial charge in [-0.2, -0.15) is 0 Å². The van der Waals surface area contributed by atoms with E-state index in [0.717, 1.165) is 11.1 Å². The number of benzene rings is 2. The first-order valence-electron chi connectivity index (χ1n) is 10.6. The molecule has 0 saturated carbocycles. The minimum absolute atomic E-state index is 0.465. The summed E-state index contributed by atoms with van der Waals surface area (Å²) in [6.07, 6.45) is -2.09. The van der Waals surface area contributed by atoms with Crippen molar-refractivity contribution >= 4 is 33.8 Å². The van der Waals surface area contributed by atoms with Crippen LogP contribution in [0.1, 0.15) is 18.1 Å². The Balaban J connectivity index is 2.08. The number of halogens is 8. The summed E-state index contributed by atoms with van der Waals surface area (Å²) in [6.45, 7) is -0.667. The van der Waals surface area contributed by atoms with Gasteiger partial charge >= 0.3 is 213 Å². The maximum absolute atomic E-state index is 13.9. The summed E-state index contributed by atoms with van der Waals surface area (Å²) in [4.78, 5) is 0. The predicted octanol–water partition coefficient (Wildman–Crippen LogP) is 6.73. The average molecular weight is 658 g/mol. The Labute approximate surface area is 213 Å². The second-order valence-corrected chi connectivity index (χ2v) is 25.7. The quantitative estimate of drug-likeness (QED) is 0.124. The zero-order valence-electron chi connectivity index (χ0n) is 18.7. The Bertz CT molecular complexity index is 913. The molecule has 0 aromatic heterocycles. The van der Waals surface area contributed by atoms with E-state index in [1.54, 1.807) is 0 Å². The van der Waals surface area contributed by atoms with Gasteiger partial charge in [-0.15, -0.1) is 0 Å². The molecule has 2 aromatic carbocycles. The standard InChI is InChI=1S/C23H25F8OPSe2/c1-17(32-16-21(26,27)23(30,31)22(28,29)20(24)25)35-33(34,14-12-18-8-4-2-5-9-18)15-13-19-10-6-3-7-11-19/h2-11,17,20H,12-16H2,1H3. The minimum atomic E-state index is -6.26. The third-order valence-electron chi connectivity index (χ3n) is 5.16. The molecule has 1 unspecified atom stereocenters. The van der Waals surface area contributed by atoms with Crippen LogP contribution in [-0.4, -0.2) is 77.7 Å². The van der Waals surface area contributed by atoms with Crippen molar-refractivity contribution in [3.05, 3.63) is 71.8 Å². The van der Waals surface area contributed by atoms with E-state index < -0.39 is 54.5 Å². The van der Waals surface area contributed by atoms with Gasteiger partial charge in [0, 0.05) is 0 Å². The molecule has 0 aliphatic carbocycles. The van der Waals surface area contributed by atoms with Gasteiger partial charge in [0.25, 0.3) is 0 Å². The summed E-state index contributed by atoms with van der Waals surface area (Å²) >= 11 is 2.77. The van der Waals surface area contributed by atoms with Crippen molar-refractivity contribution in [3.8, 4) is 0 Å². The van der Waals surface area contributed by atoms with E-state index in [1.807, 2.05) is 60.7 Å². The van der Waals surface area contributed by atoms with E-state index in [1.165, 1.54) is 6.92 Å². The van der Waals surface area contributed by atoms with Crippen LogP contribution in [-0.2, 0) is 17.6 Å². The van der Waals surface area contributed by atoms with Crippen LogP contribution in [0.15, 0.2) is 60.7 Å². The normalized spacial score (nSPS) is 14.3. The molecule has 1 nitrogen and oxygen atoms in total. The van der Waals surface area contributed by atoms with Gasteiger partial charge in [-0.05, 0) is 0 Å². The Hall–Kier alpha value is -0.691. The van der Waals surface area contributed by atoms with Crippen LogP contribution in [0.25, 0.3) is 0 Å². The van der Waals surface area contributed by atoms with Crippen LogP contribution in [0.4, 0.5) is 35.1 Å². The molecule has 196 valence electrons. The fraction of sp³-hybridized carbons (Fsp3) is 0.478. The summed E-state index contributed by atoms with van der Waals surface area (Å²) in [5, 5.41) is -0.925. The van der Waals surface area contributed by atoms with Gasteiger partial charge < -0.3 is 0 Å². The fourth-order valence-electron chi connectivity index (χ4n) is 3.10. The van der Waals surface area contributed by atoms with Crippen molar-refractivity contribution in [2.24, 2.45) is 0 Å². The molecule has 0 aliphatic heterocycles. The molecule has 0 aliphatic rings. The Morgan fingerprint density at radius 1 is 0.829 bits per heavy atom. The molecule has 0 N–H and O–H groups in total. The molecule has 0 heterocycles. The molecule has 35 heavy (non-hydrogen) atoms. The first kappa shape index (κ1) is 30.5. The van der Waals surface area contributed by atoms with E-state index in [0.29, 0.717) is 25.2 Å². The van der Waals surface area contributed by atoms with Crippen molar-refractivity contribution in [3.63, 3.8) is 0 Å². The molecule has 2 rings (SSSR count). The second-order valence-electron chi connectivity index (χ2n) is 7.92. The van der Waals surface area contributed by atoms with Crippen molar-refractivity contribution in [1.29, 1.82) is 0 Å². The summed E-state index contributed by atoms with van der Waals surface area (Å²) in [6, 6.07) is 19.2. The molecule has 0 spiro atoms. The Kier molecular flexibility index (Phi) is 11.1. The number of hydrogen-bond donors (Lipinski definition) is 0. The molecular formula is C23H25F8OPSe2. The van der Waals surface area contributed by atoms with Gasteiger partial charge in [0.15, 0.2) is 0 Å². The van der Waals surface area contributed by atoms with Crippen LogP contribution in [0.3, 0.4) is 0 Å². The van der Waals surface area contributed by atoms with Gasteiger partial charge in [-0.25, -0.2) is 0 Å². The zero-order valence-corrected chi connectivity index (χ0v) is 23.0. The van der Waals surface area contributed by atoms with Crippen LogP contribution in [0.2, 0.25) is 0 Å². The first-order valence-corrected chi connectivity index (χ1v) is 18.2. The van der Waals surface area contributed by atoms with Crippen LogP contribution in [0.5, 0.6) is 0 Å². The monoisotopic (exact) mass is 660 g/mol. The number of ether oxygens (including phenoxy) is 1. The van der Waals surface area contributed by atoms with Gasteiger partial charge in [-0.1, -0.05) is 0 Å². The predicted molar refractivity (Wildman–Crippen MR) is 125 cm³/mol. The van der Waals surface area contributed by atoms with E-state index in [2.05, 4.69) is 15.1 Å². The Morgan fingerprint density at radius 3 is 1.66 bits per heavy atom. The molecule has 0 radical (unpaired) electrons. The molecule has 0 bridgehead atoms. The molecule has 0 saturated heterocycles. The summed E-state index contributed by atoms with van der Waals surface area (Å²) < 4.78 is 109. The molecule has 2 aromatic rings. The topological polar surface area (TPSA) is 9.23 Å². The number of rotatable bonds is 14. The third kappa shape index (κ3) is 8.41. The zero-order chi connectivity index (χ0) is 26.3. The summed E-state index contributed by atoms with van der Waals surface area (Å²) in [5.41, 5.74) is 2.16. The van der Waals surface area contributed by atoms with Gasteiger partial charge in [0.2, 0.25) is 0 Å². The number of hydrogen-bond acceptors (Lipinski definition) is 1. The summed E-state index contributed by atoms with van der Waals surface area (Å²) in [5.74, 6) is -17.9. The van der Waals surface area contributed by atoms with Gasteiger partial charge in [-0.3, -0.25) is 0 Å². The van der Waals surface area contributed by atoms with Crippen molar-refractivity contribution in [1.82, 2.24) is 0 Å². The third-order valence-corrected chi connectivity index (χ3v) is 19.6. The molecule has 0 amide bonds. The molecular weight excluding hydrogens is 633 g/mol. The number of aryl methyl sites for hydroxylation is 2. The average Bonchev–Trinajstić information content (AvgIpc) is 2.81. The van der Waals surface area contributed by atoms with E-state index in [9.17, 15) is 35.1 Å². The molecule has 12 heteroatoms. The van der Waals surface area contributed by atoms with Crippen molar-refractivity contribution in [2.75, 3.05) is 18.9 Å². The van der Waals surface area contributed by atoms with Gasteiger partial charge in [0.05, 0.1) is 0 Å². The van der Waals surface area contributed by atoms with Gasteiger partial charge in [0.1, 0.15) is 0 Å².